The maximum atomic E-state index is 12.2. The number of benzene rings is 4. The predicted octanol–water partition coefficient (Wildman–Crippen LogP) is 6.39. The molecule has 240 valence electrons. The Bertz CT molecular complexity index is 1580. The van der Waals surface area contributed by atoms with Gasteiger partial charge in [0.15, 0.2) is 6.29 Å². The number of carboxylic acids is 1. The van der Waals surface area contributed by atoms with Gasteiger partial charge in [-0.1, -0.05) is 91.0 Å². The molecule has 8 nitrogen and oxygen atoms in total. The number of ether oxygens (including phenoxy) is 2. The number of nitrogens with zero attached hydrogens (tertiary/aromatic N) is 1. The van der Waals surface area contributed by atoms with Crippen molar-refractivity contribution in [2.24, 2.45) is 0 Å². The van der Waals surface area contributed by atoms with Gasteiger partial charge in [-0.25, -0.2) is 0 Å². The molecule has 1 saturated heterocycles. The summed E-state index contributed by atoms with van der Waals surface area (Å²) in [5.74, 6) is -1.06. The number of aliphatic carboxylic acids is 1. The Morgan fingerprint density at radius 3 is 2.26 bits per heavy atom. The highest BCUT2D eigenvalue weighted by Gasteiger charge is 2.33. The van der Waals surface area contributed by atoms with Crippen molar-refractivity contribution in [1.29, 1.82) is 0 Å². The third-order valence-electron chi connectivity index (χ3n) is 8.13. The molecule has 0 radical (unpaired) electrons. The van der Waals surface area contributed by atoms with Crippen molar-refractivity contribution in [3.8, 4) is 11.1 Å². The van der Waals surface area contributed by atoms with E-state index in [0.29, 0.717) is 19.4 Å². The molecule has 3 atom stereocenters. The molecule has 8 heteroatoms. The van der Waals surface area contributed by atoms with Gasteiger partial charge in [-0.05, 0) is 59.0 Å². The second-order valence-electron chi connectivity index (χ2n) is 11.9. The first kappa shape index (κ1) is 33.0. The van der Waals surface area contributed by atoms with Gasteiger partial charge in [-0.3, -0.25) is 14.5 Å². The number of hydrogen-bond donors (Lipinski definition) is 3. The van der Waals surface area contributed by atoms with Crippen LogP contribution in [0.5, 0.6) is 0 Å². The Hall–Kier alpha value is -4.34. The summed E-state index contributed by atoms with van der Waals surface area (Å²) in [6, 6.07) is 34.5. The molecule has 5 rings (SSSR count). The number of rotatable bonds is 14. The lowest BCUT2D eigenvalue weighted by atomic mass is 9.98. The second kappa shape index (κ2) is 16.3. The average Bonchev–Trinajstić information content (AvgIpc) is 3.07. The van der Waals surface area contributed by atoms with Crippen LogP contribution in [-0.2, 0) is 38.8 Å². The number of likely N-dealkylation sites (N-methyl/N-ethyl adjacent to an activating group) is 1. The molecule has 1 fully saturated rings. The molecular weight excluding hydrogens is 580 g/mol. The summed E-state index contributed by atoms with van der Waals surface area (Å²) in [5, 5.41) is 21.2. The lowest BCUT2D eigenvalue weighted by molar-refractivity contribution is -0.252. The summed E-state index contributed by atoms with van der Waals surface area (Å²) in [6.45, 7) is 1.92. The highest BCUT2D eigenvalue weighted by Crippen LogP contribution is 2.39. The van der Waals surface area contributed by atoms with Crippen molar-refractivity contribution >= 4 is 11.9 Å². The topological polar surface area (TPSA) is 108 Å². The van der Waals surface area contributed by atoms with Gasteiger partial charge in [0.05, 0.1) is 18.8 Å². The van der Waals surface area contributed by atoms with Gasteiger partial charge in [0.25, 0.3) is 0 Å². The van der Waals surface area contributed by atoms with E-state index in [1.165, 1.54) is 5.56 Å². The molecule has 1 heterocycles. The maximum Gasteiger partial charge on any atom is 0.303 e. The van der Waals surface area contributed by atoms with E-state index < -0.39 is 12.3 Å². The number of aliphatic hydroxyl groups excluding tert-OH is 1. The summed E-state index contributed by atoms with van der Waals surface area (Å²) in [7, 11) is 2.11. The van der Waals surface area contributed by atoms with Crippen molar-refractivity contribution in [3.05, 3.63) is 131 Å². The van der Waals surface area contributed by atoms with Gasteiger partial charge < -0.3 is 25.0 Å². The Kier molecular flexibility index (Phi) is 11.7. The molecule has 4 aromatic carbocycles. The van der Waals surface area contributed by atoms with Gasteiger partial charge in [0, 0.05) is 44.5 Å². The standard InChI is InChI=1S/C38H42N2O6/c1-40(24-27-8-3-2-4-9-27)25-34-22-35(30-18-16-28(26-41)17-19-30)46-38(45-34)33-13-6-12-32(21-33)31-11-5-10-29(20-31)23-39-36(42)14-7-15-37(43)44/h2-6,8-13,16-21,34-35,38,41H,7,14-15,22-26H2,1H3,(H,39,42)(H,43,44)/t34-,35+,38+/m0/s1. The number of carboxylic acid groups (broad SMARTS) is 1. The van der Waals surface area contributed by atoms with Crippen LogP contribution in [0.15, 0.2) is 103 Å². The highest BCUT2D eigenvalue weighted by molar-refractivity contribution is 5.76. The molecule has 46 heavy (non-hydrogen) atoms. The van der Waals surface area contributed by atoms with E-state index in [9.17, 15) is 14.7 Å². The van der Waals surface area contributed by atoms with E-state index in [-0.39, 0.29) is 37.6 Å². The third kappa shape index (κ3) is 9.58. The van der Waals surface area contributed by atoms with Crippen LogP contribution in [0.2, 0.25) is 0 Å². The van der Waals surface area contributed by atoms with E-state index in [1.807, 2.05) is 72.8 Å². The Balaban J connectivity index is 1.30. The first-order valence-corrected chi connectivity index (χ1v) is 15.8. The number of hydrogen-bond acceptors (Lipinski definition) is 6. The van der Waals surface area contributed by atoms with Crippen LogP contribution >= 0.6 is 0 Å². The fourth-order valence-electron chi connectivity index (χ4n) is 5.76. The third-order valence-corrected chi connectivity index (χ3v) is 8.13. The van der Waals surface area contributed by atoms with E-state index in [0.717, 1.165) is 46.5 Å². The molecular formula is C38H42N2O6. The number of amides is 1. The van der Waals surface area contributed by atoms with Crippen molar-refractivity contribution in [2.75, 3.05) is 13.6 Å². The van der Waals surface area contributed by atoms with Crippen LogP contribution in [0, 0.1) is 0 Å². The van der Waals surface area contributed by atoms with Gasteiger partial charge >= 0.3 is 5.97 Å². The fourth-order valence-corrected chi connectivity index (χ4v) is 5.76. The summed E-state index contributed by atoms with van der Waals surface area (Å²) < 4.78 is 13.2. The fraction of sp³-hybridized carbons (Fsp3) is 0.316. The quantitative estimate of drug-likeness (QED) is 0.150. The zero-order chi connectivity index (χ0) is 32.3. The molecule has 1 amide bonds. The Morgan fingerprint density at radius 1 is 0.804 bits per heavy atom. The van der Waals surface area contributed by atoms with E-state index >= 15 is 0 Å². The van der Waals surface area contributed by atoms with Crippen molar-refractivity contribution in [1.82, 2.24) is 10.2 Å². The van der Waals surface area contributed by atoms with Gasteiger partial charge in [0.2, 0.25) is 5.91 Å². The minimum absolute atomic E-state index is 0.00238. The zero-order valence-corrected chi connectivity index (χ0v) is 26.2. The molecule has 0 aliphatic carbocycles. The molecule has 1 aliphatic rings. The molecule has 0 bridgehead atoms. The molecule has 4 aromatic rings. The number of carbonyl (C=O) groups excluding carboxylic acids is 1. The van der Waals surface area contributed by atoms with Crippen LogP contribution in [0.1, 0.15) is 65.9 Å². The van der Waals surface area contributed by atoms with Crippen LogP contribution in [0.3, 0.4) is 0 Å². The summed E-state index contributed by atoms with van der Waals surface area (Å²) in [6.07, 6.45) is 0.380. The number of carbonyl (C=O) groups is 2. The first-order valence-electron chi connectivity index (χ1n) is 15.8. The number of nitrogens with one attached hydrogen (secondary N) is 1. The smallest absolute Gasteiger partial charge is 0.303 e. The van der Waals surface area contributed by atoms with Crippen LogP contribution in [0.4, 0.5) is 0 Å². The molecule has 0 unspecified atom stereocenters. The summed E-state index contributed by atoms with van der Waals surface area (Å²) >= 11 is 0. The lowest BCUT2D eigenvalue weighted by Crippen LogP contribution is -2.37. The highest BCUT2D eigenvalue weighted by atomic mass is 16.7. The van der Waals surface area contributed by atoms with Gasteiger partial charge in [-0.15, -0.1) is 0 Å². The second-order valence-corrected chi connectivity index (χ2v) is 11.9. The van der Waals surface area contributed by atoms with Crippen molar-refractivity contribution in [2.45, 2.75) is 63.9 Å². The molecule has 0 saturated carbocycles. The van der Waals surface area contributed by atoms with Gasteiger partial charge in [0.1, 0.15) is 0 Å². The maximum absolute atomic E-state index is 12.2. The lowest BCUT2D eigenvalue weighted by Gasteiger charge is -2.38. The van der Waals surface area contributed by atoms with Crippen LogP contribution < -0.4 is 5.32 Å². The molecule has 1 aliphatic heterocycles. The van der Waals surface area contributed by atoms with E-state index in [4.69, 9.17) is 14.6 Å². The average molecular weight is 623 g/mol. The predicted molar refractivity (Wildman–Crippen MR) is 176 cm³/mol. The van der Waals surface area contributed by atoms with Gasteiger partial charge in [-0.2, -0.15) is 0 Å². The minimum atomic E-state index is -0.898. The summed E-state index contributed by atoms with van der Waals surface area (Å²) in [5.41, 5.74) is 7.04. The largest absolute Gasteiger partial charge is 0.481 e. The zero-order valence-electron chi connectivity index (χ0n) is 26.2. The summed E-state index contributed by atoms with van der Waals surface area (Å²) in [4.78, 5) is 25.2. The first-order chi connectivity index (χ1) is 22.4. The molecule has 0 aromatic heterocycles. The minimum Gasteiger partial charge on any atom is -0.481 e. The Labute approximate surface area is 270 Å². The number of aliphatic hydroxyl groups is 1. The van der Waals surface area contributed by atoms with Crippen molar-refractivity contribution in [3.63, 3.8) is 0 Å². The Morgan fingerprint density at radius 2 is 1.52 bits per heavy atom. The van der Waals surface area contributed by atoms with E-state index in [1.54, 1.807) is 0 Å². The van der Waals surface area contributed by atoms with E-state index in [2.05, 4.69) is 47.6 Å². The monoisotopic (exact) mass is 622 g/mol. The molecule has 0 spiro atoms. The van der Waals surface area contributed by atoms with Crippen molar-refractivity contribution < 1.29 is 29.3 Å². The van der Waals surface area contributed by atoms with Crippen LogP contribution in [-0.4, -0.2) is 46.7 Å². The molecule has 3 N–H and O–H groups in total. The normalized spacial score (nSPS) is 17.9. The SMILES string of the molecule is CN(Cc1ccccc1)C[C@@H]1C[C@H](c2ccc(CO)cc2)O[C@H](c2cccc(-c3cccc(CNC(=O)CCCC(=O)O)c3)c2)O1. The van der Waals surface area contributed by atoms with Crippen LogP contribution in [0.25, 0.3) is 11.1 Å².